The molecular formula is C10H19NO5. The number of carbonyl (C=O) groups excluding carboxylic acids is 1. The molecule has 2 N–H and O–H groups in total. The second kappa shape index (κ2) is 5.16. The fourth-order valence-corrected chi connectivity index (χ4v) is 0.969. The number of hydrogen-bond donors (Lipinski definition) is 2. The molecule has 0 saturated carbocycles. The predicted molar refractivity (Wildman–Crippen MR) is 57.3 cm³/mol. The smallest absolute Gasteiger partial charge is 0.408 e. The van der Waals surface area contributed by atoms with Crippen molar-refractivity contribution in [1.29, 1.82) is 0 Å². The van der Waals surface area contributed by atoms with Crippen molar-refractivity contribution in [3.63, 3.8) is 0 Å². The summed E-state index contributed by atoms with van der Waals surface area (Å²) >= 11 is 0. The van der Waals surface area contributed by atoms with Crippen molar-refractivity contribution in [2.24, 2.45) is 0 Å². The van der Waals surface area contributed by atoms with E-state index in [9.17, 15) is 9.59 Å². The fourth-order valence-electron chi connectivity index (χ4n) is 0.969. The lowest BCUT2D eigenvalue weighted by Gasteiger charge is -2.27. The number of carbonyl (C=O) groups is 2. The van der Waals surface area contributed by atoms with E-state index in [1.54, 1.807) is 20.8 Å². The van der Waals surface area contributed by atoms with Crippen molar-refractivity contribution in [2.45, 2.75) is 38.8 Å². The maximum atomic E-state index is 11.4. The molecule has 0 spiro atoms. The number of ether oxygens (including phenoxy) is 2. The van der Waals surface area contributed by atoms with Gasteiger partial charge in [-0.05, 0) is 27.7 Å². The first-order valence-corrected chi connectivity index (χ1v) is 4.84. The molecule has 0 heterocycles. The molecule has 0 aliphatic rings. The van der Waals surface area contributed by atoms with Gasteiger partial charge in [0.25, 0.3) is 0 Å². The average Bonchev–Trinajstić information content (AvgIpc) is 1.99. The van der Waals surface area contributed by atoms with Gasteiger partial charge in [-0.2, -0.15) is 0 Å². The van der Waals surface area contributed by atoms with Gasteiger partial charge in [-0.3, -0.25) is 0 Å². The Balaban J connectivity index is 4.53. The van der Waals surface area contributed by atoms with E-state index in [-0.39, 0.29) is 6.61 Å². The van der Waals surface area contributed by atoms with Gasteiger partial charge < -0.3 is 19.9 Å². The van der Waals surface area contributed by atoms with Crippen molar-refractivity contribution in [1.82, 2.24) is 5.32 Å². The quantitative estimate of drug-likeness (QED) is 0.756. The van der Waals surface area contributed by atoms with Gasteiger partial charge >= 0.3 is 12.1 Å². The molecule has 0 aliphatic heterocycles. The Labute approximate surface area is 94.9 Å². The van der Waals surface area contributed by atoms with Gasteiger partial charge in [0.15, 0.2) is 5.54 Å². The van der Waals surface area contributed by atoms with Gasteiger partial charge in [-0.25, -0.2) is 9.59 Å². The molecule has 1 atom stereocenters. The van der Waals surface area contributed by atoms with Crippen LogP contribution in [0, 0.1) is 0 Å². The number of carboxylic acid groups (broad SMARTS) is 1. The summed E-state index contributed by atoms with van der Waals surface area (Å²) in [6, 6.07) is 0. The van der Waals surface area contributed by atoms with Gasteiger partial charge in [0, 0.05) is 7.11 Å². The van der Waals surface area contributed by atoms with Crippen molar-refractivity contribution in [2.75, 3.05) is 13.7 Å². The third-order valence-corrected chi connectivity index (χ3v) is 1.68. The van der Waals surface area contributed by atoms with E-state index < -0.39 is 23.2 Å². The second-order valence-corrected chi connectivity index (χ2v) is 4.70. The Morgan fingerprint density at radius 2 is 1.75 bits per heavy atom. The van der Waals surface area contributed by atoms with Crippen LogP contribution in [0.25, 0.3) is 0 Å². The lowest BCUT2D eigenvalue weighted by molar-refractivity contribution is -0.146. The molecule has 1 amide bonds. The van der Waals surface area contributed by atoms with E-state index >= 15 is 0 Å². The summed E-state index contributed by atoms with van der Waals surface area (Å²) in [6.07, 6.45) is -0.783. The largest absolute Gasteiger partial charge is 0.479 e. The predicted octanol–water partition coefficient (Wildman–Crippen LogP) is 1.00. The molecule has 94 valence electrons. The van der Waals surface area contributed by atoms with Crippen LogP contribution in [0.4, 0.5) is 4.79 Å². The van der Waals surface area contributed by atoms with Crippen LogP contribution >= 0.6 is 0 Å². The normalized spacial score (nSPS) is 15.1. The molecule has 0 bridgehead atoms. The summed E-state index contributed by atoms with van der Waals surface area (Å²) in [5, 5.41) is 11.2. The standard InChI is InChI=1S/C10H19NO5/c1-9(2,3)16-8(14)11-10(4,6-15-5)7(12)13/h6H2,1-5H3,(H,11,14)(H,12,13)/t10-/m0/s1. The van der Waals surface area contributed by atoms with Crippen molar-refractivity contribution < 1.29 is 24.2 Å². The number of alkyl carbamates (subject to hydrolysis) is 1. The lowest BCUT2D eigenvalue weighted by atomic mass is 10.1. The van der Waals surface area contributed by atoms with Crippen LogP contribution in [0.5, 0.6) is 0 Å². The molecule has 0 saturated heterocycles. The van der Waals surface area contributed by atoms with Crippen molar-refractivity contribution in [3.8, 4) is 0 Å². The maximum absolute atomic E-state index is 11.4. The summed E-state index contributed by atoms with van der Waals surface area (Å²) in [4.78, 5) is 22.4. The van der Waals surface area contributed by atoms with Gasteiger partial charge in [0.1, 0.15) is 5.60 Å². The topological polar surface area (TPSA) is 84.9 Å². The van der Waals surface area contributed by atoms with E-state index in [1.807, 2.05) is 0 Å². The number of methoxy groups -OCH3 is 1. The number of rotatable bonds is 4. The minimum atomic E-state index is -1.49. The fraction of sp³-hybridized carbons (Fsp3) is 0.800. The van der Waals surface area contributed by atoms with E-state index in [0.29, 0.717) is 0 Å². The Hall–Kier alpha value is -1.30. The third-order valence-electron chi connectivity index (χ3n) is 1.68. The van der Waals surface area contributed by atoms with Gasteiger partial charge in [0.2, 0.25) is 0 Å². The Morgan fingerprint density at radius 3 is 2.06 bits per heavy atom. The van der Waals surface area contributed by atoms with E-state index in [4.69, 9.17) is 14.6 Å². The van der Waals surface area contributed by atoms with Crippen LogP contribution in [-0.2, 0) is 14.3 Å². The zero-order valence-corrected chi connectivity index (χ0v) is 10.3. The summed E-state index contributed by atoms with van der Waals surface area (Å²) in [6.45, 7) is 6.30. The summed E-state index contributed by atoms with van der Waals surface area (Å²) in [7, 11) is 1.36. The molecule has 0 unspecified atom stereocenters. The van der Waals surface area contributed by atoms with E-state index in [1.165, 1.54) is 14.0 Å². The summed E-state index contributed by atoms with van der Waals surface area (Å²) in [5.74, 6) is -1.18. The van der Waals surface area contributed by atoms with Crippen molar-refractivity contribution in [3.05, 3.63) is 0 Å². The molecule has 0 fully saturated rings. The molecule has 6 heteroatoms. The number of aliphatic carboxylic acids is 1. The molecule has 0 aromatic rings. The molecule has 6 nitrogen and oxygen atoms in total. The van der Waals surface area contributed by atoms with Crippen LogP contribution in [0.3, 0.4) is 0 Å². The molecule has 0 aromatic heterocycles. The minimum Gasteiger partial charge on any atom is -0.479 e. The highest BCUT2D eigenvalue weighted by atomic mass is 16.6. The van der Waals surface area contributed by atoms with Gasteiger partial charge in [0.05, 0.1) is 6.61 Å². The van der Waals surface area contributed by atoms with E-state index in [0.717, 1.165) is 0 Å². The Morgan fingerprint density at radius 1 is 1.25 bits per heavy atom. The van der Waals surface area contributed by atoms with E-state index in [2.05, 4.69) is 5.32 Å². The second-order valence-electron chi connectivity index (χ2n) is 4.70. The molecule has 0 radical (unpaired) electrons. The summed E-state index contributed by atoms with van der Waals surface area (Å²) < 4.78 is 9.71. The van der Waals surface area contributed by atoms with Gasteiger partial charge in [-0.15, -0.1) is 0 Å². The van der Waals surface area contributed by atoms with Crippen molar-refractivity contribution >= 4 is 12.1 Å². The first kappa shape index (κ1) is 14.7. The molecule has 0 aliphatic carbocycles. The zero-order valence-electron chi connectivity index (χ0n) is 10.3. The van der Waals surface area contributed by atoms with Crippen LogP contribution in [-0.4, -0.2) is 42.0 Å². The van der Waals surface area contributed by atoms with Crippen LogP contribution in [0.1, 0.15) is 27.7 Å². The summed E-state index contributed by atoms with van der Waals surface area (Å²) in [5.41, 5.74) is -2.16. The van der Waals surface area contributed by atoms with Crippen LogP contribution in [0.15, 0.2) is 0 Å². The Bertz CT molecular complexity index is 271. The lowest BCUT2D eigenvalue weighted by Crippen LogP contribution is -2.56. The zero-order chi connectivity index (χ0) is 13.0. The SMILES string of the molecule is COC[C@](C)(NC(=O)OC(C)(C)C)C(=O)O. The molecular weight excluding hydrogens is 214 g/mol. The maximum Gasteiger partial charge on any atom is 0.408 e. The number of amides is 1. The van der Waals surface area contributed by atoms with Crippen LogP contribution in [0.2, 0.25) is 0 Å². The highest BCUT2D eigenvalue weighted by Crippen LogP contribution is 2.10. The molecule has 16 heavy (non-hydrogen) atoms. The number of hydrogen-bond acceptors (Lipinski definition) is 4. The number of nitrogens with one attached hydrogen (secondary N) is 1. The first-order valence-electron chi connectivity index (χ1n) is 4.84. The molecule has 0 aromatic carbocycles. The minimum absolute atomic E-state index is 0.137. The first-order chi connectivity index (χ1) is 7.10. The number of carboxylic acids is 1. The average molecular weight is 233 g/mol. The van der Waals surface area contributed by atoms with Crippen LogP contribution < -0.4 is 5.32 Å². The molecule has 0 rings (SSSR count). The van der Waals surface area contributed by atoms with Gasteiger partial charge in [-0.1, -0.05) is 0 Å². The Kier molecular flexibility index (Phi) is 4.74. The third kappa shape index (κ3) is 4.97. The highest BCUT2D eigenvalue weighted by Gasteiger charge is 2.36. The monoisotopic (exact) mass is 233 g/mol. The highest BCUT2D eigenvalue weighted by molar-refractivity contribution is 5.84.